The Morgan fingerprint density at radius 1 is 1.00 bits per heavy atom. The predicted molar refractivity (Wildman–Crippen MR) is 105 cm³/mol. The molecule has 150 valence electrons. The van der Waals surface area contributed by atoms with E-state index in [9.17, 15) is 9.59 Å². The molecule has 0 radical (unpaired) electrons. The van der Waals surface area contributed by atoms with Crippen molar-refractivity contribution in [2.45, 2.75) is 33.5 Å². The number of esters is 1. The van der Waals surface area contributed by atoms with E-state index in [-0.39, 0.29) is 11.9 Å². The van der Waals surface area contributed by atoms with Gasteiger partial charge in [0.05, 0.1) is 44.2 Å². The number of Topliss-reactive ketones (excluding diaryl/α,β-unsaturated/α-hetero) is 1. The minimum atomic E-state index is -0.492. The molecule has 2 aromatic carbocycles. The highest BCUT2D eigenvalue weighted by Crippen LogP contribution is 2.28. The van der Waals surface area contributed by atoms with Gasteiger partial charge in [-0.1, -0.05) is 12.1 Å². The molecule has 0 bridgehead atoms. The van der Waals surface area contributed by atoms with E-state index < -0.39 is 5.97 Å². The molecule has 0 aliphatic heterocycles. The maximum atomic E-state index is 11.9. The first-order valence-electron chi connectivity index (χ1n) is 9.10. The van der Waals surface area contributed by atoms with Crippen LogP contribution in [0.3, 0.4) is 0 Å². The Morgan fingerprint density at radius 3 is 2.32 bits per heavy atom. The average Bonchev–Trinajstić information content (AvgIpc) is 2.68. The van der Waals surface area contributed by atoms with Crippen LogP contribution >= 0.6 is 0 Å². The lowest BCUT2D eigenvalue weighted by atomic mass is 10.1. The van der Waals surface area contributed by atoms with Gasteiger partial charge in [0, 0.05) is 0 Å². The van der Waals surface area contributed by atoms with Crippen LogP contribution in [-0.2, 0) is 20.8 Å². The lowest BCUT2D eigenvalue weighted by Gasteiger charge is -2.12. The third-order valence-corrected chi connectivity index (χ3v) is 3.88. The third kappa shape index (κ3) is 6.48. The van der Waals surface area contributed by atoms with Crippen LogP contribution in [0.1, 0.15) is 47.1 Å². The van der Waals surface area contributed by atoms with Gasteiger partial charge < -0.3 is 18.9 Å². The van der Waals surface area contributed by atoms with Gasteiger partial charge in [-0.2, -0.15) is 0 Å². The van der Waals surface area contributed by atoms with E-state index in [1.165, 1.54) is 20.1 Å². The maximum absolute atomic E-state index is 11.9. The van der Waals surface area contributed by atoms with Crippen molar-refractivity contribution < 1.29 is 28.5 Å². The molecule has 0 amide bonds. The molecule has 6 heteroatoms. The first-order chi connectivity index (χ1) is 13.4. The molecule has 0 aliphatic rings. The van der Waals surface area contributed by atoms with Gasteiger partial charge in [-0.3, -0.25) is 4.79 Å². The Balaban J connectivity index is 2.03. The van der Waals surface area contributed by atoms with Gasteiger partial charge in [-0.25, -0.2) is 4.79 Å². The monoisotopic (exact) mass is 386 g/mol. The number of rotatable bonds is 10. The summed E-state index contributed by atoms with van der Waals surface area (Å²) in [4.78, 5) is 23.6. The fourth-order valence-corrected chi connectivity index (χ4v) is 2.46. The molecule has 0 atom stereocenters. The molecule has 0 aromatic heterocycles. The van der Waals surface area contributed by atoms with Crippen molar-refractivity contribution in [1.29, 1.82) is 0 Å². The summed E-state index contributed by atoms with van der Waals surface area (Å²) in [5, 5.41) is 0. The second-order valence-electron chi connectivity index (χ2n) is 6.48. The van der Waals surface area contributed by atoms with Gasteiger partial charge in [0.2, 0.25) is 0 Å². The normalized spacial score (nSPS) is 10.8. The zero-order valence-electron chi connectivity index (χ0n) is 16.7. The molecule has 0 aliphatic carbocycles. The van der Waals surface area contributed by atoms with Crippen LogP contribution in [0, 0.1) is 0 Å². The molecule has 0 spiro atoms. The molecule has 6 nitrogen and oxygen atoms in total. The number of carbonyl (C=O) groups is 2. The first-order valence-corrected chi connectivity index (χ1v) is 9.10. The summed E-state index contributed by atoms with van der Waals surface area (Å²) in [6, 6.07) is 12.0. The molecule has 0 N–H and O–H groups in total. The molecular weight excluding hydrogens is 360 g/mol. The number of methoxy groups -OCH3 is 1. The first kappa shape index (κ1) is 21.6. The maximum Gasteiger partial charge on any atom is 0.337 e. The van der Waals surface area contributed by atoms with Crippen LogP contribution in [0.25, 0.3) is 0 Å². The molecule has 0 unspecified atom stereocenters. The van der Waals surface area contributed by atoms with Gasteiger partial charge in [-0.05, 0) is 56.7 Å². The van der Waals surface area contributed by atoms with Crippen molar-refractivity contribution in [3.63, 3.8) is 0 Å². The summed E-state index contributed by atoms with van der Waals surface area (Å²) >= 11 is 0. The standard InChI is InChI=1S/C22H26O6/c1-15(2)27-12-11-26-14-17-5-8-19(9-6-17)28-21-13-18(22(24)25-4)7-10-20(21)16(3)23/h5-10,13,15H,11-12,14H2,1-4H3. The number of ether oxygens (including phenoxy) is 4. The third-order valence-electron chi connectivity index (χ3n) is 3.88. The Hall–Kier alpha value is -2.70. The van der Waals surface area contributed by atoms with E-state index in [0.717, 1.165) is 5.56 Å². The summed E-state index contributed by atoms with van der Waals surface area (Å²) < 4.78 is 21.6. The van der Waals surface area contributed by atoms with E-state index in [1.807, 2.05) is 26.0 Å². The minimum Gasteiger partial charge on any atom is -0.465 e. The van der Waals surface area contributed by atoms with Gasteiger partial charge in [-0.15, -0.1) is 0 Å². The van der Waals surface area contributed by atoms with Gasteiger partial charge in [0.25, 0.3) is 0 Å². The highest BCUT2D eigenvalue weighted by atomic mass is 16.5. The summed E-state index contributed by atoms with van der Waals surface area (Å²) in [5.74, 6) is 0.218. The smallest absolute Gasteiger partial charge is 0.337 e. The Bertz CT molecular complexity index is 795. The lowest BCUT2D eigenvalue weighted by molar-refractivity contribution is 0.0143. The van der Waals surface area contributed by atoms with Crippen LogP contribution in [-0.4, -0.2) is 38.2 Å². The summed E-state index contributed by atoms with van der Waals surface area (Å²) in [6.07, 6.45) is 0.192. The Morgan fingerprint density at radius 2 is 1.71 bits per heavy atom. The van der Waals surface area contributed by atoms with Gasteiger partial charge in [0.15, 0.2) is 5.78 Å². The SMILES string of the molecule is COC(=O)c1ccc(C(C)=O)c(Oc2ccc(COCCOC(C)C)cc2)c1. The summed E-state index contributed by atoms with van der Waals surface area (Å²) in [6.45, 7) is 6.97. The highest BCUT2D eigenvalue weighted by molar-refractivity contribution is 5.99. The summed E-state index contributed by atoms with van der Waals surface area (Å²) in [5.41, 5.74) is 1.70. The quantitative estimate of drug-likeness (QED) is 0.342. The number of benzene rings is 2. The topological polar surface area (TPSA) is 71.1 Å². The van der Waals surface area contributed by atoms with Crippen molar-refractivity contribution in [1.82, 2.24) is 0 Å². The molecular formula is C22H26O6. The van der Waals surface area contributed by atoms with Crippen LogP contribution in [0.4, 0.5) is 0 Å². The van der Waals surface area contributed by atoms with Crippen molar-refractivity contribution in [2.24, 2.45) is 0 Å². The molecule has 0 heterocycles. The van der Waals surface area contributed by atoms with E-state index in [4.69, 9.17) is 18.9 Å². The largest absolute Gasteiger partial charge is 0.465 e. The average molecular weight is 386 g/mol. The highest BCUT2D eigenvalue weighted by Gasteiger charge is 2.14. The van der Waals surface area contributed by atoms with Crippen molar-refractivity contribution in [3.8, 4) is 11.5 Å². The second-order valence-corrected chi connectivity index (χ2v) is 6.48. The Kier molecular flexibility index (Phi) is 8.17. The van der Waals surface area contributed by atoms with E-state index in [1.54, 1.807) is 24.3 Å². The van der Waals surface area contributed by atoms with E-state index in [2.05, 4.69) is 0 Å². The van der Waals surface area contributed by atoms with E-state index in [0.29, 0.717) is 42.4 Å². The Labute approximate surface area is 165 Å². The molecule has 0 saturated carbocycles. The van der Waals surface area contributed by atoms with Crippen LogP contribution < -0.4 is 4.74 Å². The zero-order valence-corrected chi connectivity index (χ0v) is 16.7. The lowest BCUT2D eigenvalue weighted by Crippen LogP contribution is -2.09. The number of ketones is 1. The minimum absolute atomic E-state index is 0.153. The van der Waals surface area contributed by atoms with Crippen LogP contribution in [0.15, 0.2) is 42.5 Å². The van der Waals surface area contributed by atoms with Crippen molar-refractivity contribution >= 4 is 11.8 Å². The fraction of sp³-hybridized carbons (Fsp3) is 0.364. The van der Waals surface area contributed by atoms with Crippen molar-refractivity contribution in [2.75, 3.05) is 20.3 Å². The van der Waals surface area contributed by atoms with E-state index >= 15 is 0 Å². The molecule has 0 saturated heterocycles. The van der Waals surface area contributed by atoms with Crippen molar-refractivity contribution in [3.05, 3.63) is 59.2 Å². The molecule has 0 fully saturated rings. The van der Waals surface area contributed by atoms with Gasteiger partial charge >= 0.3 is 5.97 Å². The second kappa shape index (κ2) is 10.6. The van der Waals surface area contributed by atoms with Gasteiger partial charge in [0.1, 0.15) is 11.5 Å². The number of hydrogen-bond acceptors (Lipinski definition) is 6. The summed E-state index contributed by atoms with van der Waals surface area (Å²) in [7, 11) is 1.30. The predicted octanol–water partition coefficient (Wildman–Crippen LogP) is 4.41. The molecule has 2 rings (SSSR count). The van der Waals surface area contributed by atoms with Crippen LogP contribution in [0.5, 0.6) is 11.5 Å². The molecule has 2 aromatic rings. The fourth-order valence-electron chi connectivity index (χ4n) is 2.46. The zero-order chi connectivity index (χ0) is 20.5. The number of carbonyl (C=O) groups excluding carboxylic acids is 2. The number of hydrogen-bond donors (Lipinski definition) is 0. The van der Waals surface area contributed by atoms with Crippen LogP contribution in [0.2, 0.25) is 0 Å². The molecule has 28 heavy (non-hydrogen) atoms.